The number of hydrogen-bond donors (Lipinski definition) is 2. The van der Waals surface area contributed by atoms with Gasteiger partial charge >= 0.3 is 0 Å². The van der Waals surface area contributed by atoms with Crippen molar-refractivity contribution in [2.75, 3.05) is 5.32 Å². The standard InChI is InChI=1S/C18H19N3O3S/c1-3-21-9-8-13-10-14(5-7-17(13)21)20-18(22)16-11-15(25(19,23)24)6-4-12(16)2/h4-11H,3H2,1-2H3,(H,20,22)(H2,19,23,24). The number of carbonyl (C=O) groups excluding carboxylic acids is 1. The molecule has 3 aromatic rings. The van der Waals surface area contributed by atoms with Crippen LogP contribution in [0.3, 0.4) is 0 Å². The average Bonchev–Trinajstić information content (AvgIpc) is 2.96. The number of benzene rings is 2. The highest BCUT2D eigenvalue weighted by atomic mass is 32.2. The molecule has 3 N–H and O–H groups in total. The summed E-state index contributed by atoms with van der Waals surface area (Å²) in [5.41, 5.74) is 2.68. The third-order valence-electron chi connectivity index (χ3n) is 4.15. The van der Waals surface area contributed by atoms with Gasteiger partial charge in [-0.15, -0.1) is 0 Å². The minimum absolute atomic E-state index is 0.0845. The van der Waals surface area contributed by atoms with Crippen molar-refractivity contribution >= 4 is 32.5 Å². The molecule has 0 fully saturated rings. The number of rotatable bonds is 4. The van der Waals surface area contributed by atoms with Crippen LogP contribution in [0.4, 0.5) is 5.69 Å². The van der Waals surface area contributed by atoms with E-state index >= 15 is 0 Å². The quantitative estimate of drug-likeness (QED) is 0.752. The summed E-state index contributed by atoms with van der Waals surface area (Å²) in [6.45, 7) is 4.68. The van der Waals surface area contributed by atoms with E-state index in [1.54, 1.807) is 13.0 Å². The lowest BCUT2D eigenvalue weighted by molar-refractivity contribution is 0.102. The fourth-order valence-corrected chi connectivity index (χ4v) is 3.31. The Morgan fingerprint density at radius 1 is 1.16 bits per heavy atom. The van der Waals surface area contributed by atoms with Crippen molar-refractivity contribution in [1.29, 1.82) is 0 Å². The number of nitrogens with one attached hydrogen (secondary N) is 1. The average molecular weight is 357 g/mol. The largest absolute Gasteiger partial charge is 0.348 e. The Kier molecular flexibility index (Phi) is 4.36. The van der Waals surface area contributed by atoms with E-state index in [2.05, 4.69) is 16.8 Å². The highest BCUT2D eigenvalue weighted by molar-refractivity contribution is 7.89. The first-order valence-corrected chi connectivity index (χ1v) is 9.38. The van der Waals surface area contributed by atoms with Gasteiger partial charge in [0.2, 0.25) is 10.0 Å². The Morgan fingerprint density at radius 3 is 2.60 bits per heavy atom. The van der Waals surface area contributed by atoms with Crippen LogP contribution in [0.5, 0.6) is 0 Å². The van der Waals surface area contributed by atoms with Crippen molar-refractivity contribution in [1.82, 2.24) is 4.57 Å². The van der Waals surface area contributed by atoms with Crippen LogP contribution in [0, 0.1) is 6.92 Å². The van der Waals surface area contributed by atoms with Crippen molar-refractivity contribution in [3.05, 3.63) is 59.8 Å². The fourth-order valence-electron chi connectivity index (χ4n) is 2.77. The number of anilines is 1. The minimum atomic E-state index is -3.86. The molecule has 0 aliphatic rings. The Balaban J connectivity index is 1.92. The maximum absolute atomic E-state index is 12.6. The van der Waals surface area contributed by atoms with Gasteiger partial charge in [-0.2, -0.15) is 0 Å². The molecule has 3 rings (SSSR count). The fraction of sp³-hybridized carbons (Fsp3) is 0.167. The van der Waals surface area contributed by atoms with Gasteiger partial charge in [0.15, 0.2) is 0 Å². The Hall–Kier alpha value is -2.64. The molecule has 25 heavy (non-hydrogen) atoms. The molecule has 6 nitrogen and oxygen atoms in total. The maximum atomic E-state index is 12.6. The van der Waals surface area contributed by atoms with Gasteiger partial charge in [-0.3, -0.25) is 4.79 Å². The van der Waals surface area contributed by atoms with Crippen LogP contribution >= 0.6 is 0 Å². The van der Waals surface area contributed by atoms with Crippen molar-refractivity contribution < 1.29 is 13.2 Å². The van der Waals surface area contributed by atoms with Crippen LogP contribution in [0.25, 0.3) is 10.9 Å². The van der Waals surface area contributed by atoms with E-state index < -0.39 is 10.0 Å². The van der Waals surface area contributed by atoms with Gasteiger partial charge in [0, 0.05) is 34.9 Å². The molecule has 0 aliphatic heterocycles. The van der Waals surface area contributed by atoms with Crippen molar-refractivity contribution in [3.8, 4) is 0 Å². The van der Waals surface area contributed by atoms with Gasteiger partial charge in [-0.05, 0) is 55.8 Å². The molecule has 0 saturated heterocycles. The second-order valence-corrected chi connectivity index (χ2v) is 7.41. The summed E-state index contributed by atoms with van der Waals surface area (Å²) in [6.07, 6.45) is 2.00. The van der Waals surface area contributed by atoms with Crippen molar-refractivity contribution in [2.24, 2.45) is 5.14 Å². The number of aryl methyl sites for hydroxylation is 2. The Bertz CT molecular complexity index is 1070. The normalized spacial score (nSPS) is 11.6. The number of primary sulfonamides is 1. The SMILES string of the molecule is CCn1ccc2cc(NC(=O)c3cc(S(N)(=O)=O)ccc3C)ccc21. The van der Waals surface area contributed by atoms with E-state index in [0.29, 0.717) is 11.3 Å². The monoisotopic (exact) mass is 357 g/mol. The third-order valence-corrected chi connectivity index (χ3v) is 5.06. The van der Waals surface area contributed by atoms with Crippen LogP contribution in [-0.4, -0.2) is 18.9 Å². The van der Waals surface area contributed by atoms with Gasteiger partial charge in [-0.1, -0.05) is 6.07 Å². The second-order valence-electron chi connectivity index (χ2n) is 5.85. The smallest absolute Gasteiger partial charge is 0.255 e. The molecule has 0 radical (unpaired) electrons. The number of nitrogens with zero attached hydrogens (tertiary/aromatic N) is 1. The minimum Gasteiger partial charge on any atom is -0.348 e. The molecule has 1 amide bonds. The number of nitrogens with two attached hydrogens (primary N) is 1. The molecule has 0 unspecified atom stereocenters. The molecule has 0 atom stereocenters. The highest BCUT2D eigenvalue weighted by Crippen LogP contribution is 2.22. The number of carbonyl (C=O) groups is 1. The number of fused-ring (bicyclic) bond motifs is 1. The van der Waals surface area contributed by atoms with Crippen LogP contribution < -0.4 is 10.5 Å². The van der Waals surface area contributed by atoms with Gasteiger partial charge in [-0.25, -0.2) is 13.6 Å². The third kappa shape index (κ3) is 3.42. The Labute approximate surface area is 146 Å². The zero-order chi connectivity index (χ0) is 18.2. The summed E-state index contributed by atoms with van der Waals surface area (Å²) in [5, 5.41) is 8.98. The number of hydrogen-bond acceptors (Lipinski definition) is 3. The summed E-state index contributed by atoms with van der Waals surface area (Å²) in [4.78, 5) is 12.5. The van der Waals surface area contributed by atoms with Gasteiger partial charge < -0.3 is 9.88 Å². The van der Waals surface area contributed by atoms with Crippen molar-refractivity contribution in [3.63, 3.8) is 0 Å². The summed E-state index contributed by atoms with van der Waals surface area (Å²) >= 11 is 0. The summed E-state index contributed by atoms with van der Waals surface area (Å²) < 4.78 is 25.1. The molecular formula is C18H19N3O3S. The van der Waals surface area contributed by atoms with E-state index in [4.69, 9.17) is 5.14 Å². The predicted octanol–water partition coefficient (Wildman–Crippen LogP) is 2.87. The molecule has 130 valence electrons. The van der Waals surface area contributed by atoms with Crippen LogP contribution in [0.1, 0.15) is 22.8 Å². The first kappa shape index (κ1) is 17.2. The second kappa shape index (κ2) is 6.34. The first-order valence-electron chi connectivity index (χ1n) is 7.83. The zero-order valence-corrected chi connectivity index (χ0v) is 14.8. The van der Waals surface area contributed by atoms with E-state index in [1.807, 2.05) is 30.5 Å². The first-order chi connectivity index (χ1) is 11.8. The predicted molar refractivity (Wildman–Crippen MR) is 98.1 cm³/mol. The summed E-state index contributed by atoms with van der Waals surface area (Å²) in [5.74, 6) is -0.378. The highest BCUT2D eigenvalue weighted by Gasteiger charge is 2.15. The van der Waals surface area contributed by atoms with E-state index in [-0.39, 0.29) is 16.4 Å². The van der Waals surface area contributed by atoms with Crippen LogP contribution in [0.2, 0.25) is 0 Å². The van der Waals surface area contributed by atoms with E-state index in [9.17, 15) is 13.2 Å². The number of amides is 1. The molecule has 2 aromatic carbocycles. The van der Waals surface area contributed by atoms with Gasteiger partial charge in [0.1, 0.15) is 0 Å². The summed E-state index contributed by atoms with van der Waals surface area (Å²) in [6, 6.07) is 11.9. The molecule has 1 aromatic heterocycles. The van der Waals surface area contributed by atoms with Crippen molar-refractivity contribution in [2.45, 2.75) is 25.3 Å². The molecule has 0 bridgehead atoms. The van der Waals surface area contributed by atoms with Crippen LogP contribution in [0.15, 0.2) is 53.6 Å². The van der Waals surface area contributed by atoms with E-state index in [1.165, 1.54) is 12.1 Å². The lowest BCUT2D eigenvalue weighted by atomic mass is 10.1. The summed E-state index contributed by atoms with van der Waals surface area (Å²) in [7, 11) is -3.86. The topological polar surface area (TPSA) is 94.2 Å². The molecule has 0 spiro atoms. The van der Waals surface area contributed by atoms with E-state index in [0.717, 1.165) is 17.4 Å². The molecule has 7 heteroatoms. The molecule has 0 saturated carbocycles. The number of sulfonamides is 1. The molecule has 0 aliphatic carbocycles. The lowest BCUT2D eigenvalue weighted by Crippen LogP contribution is -2.17. The zero-order valence-electron chi connectivity index (χ0n) is 14.0. The maximum Gasteiger partial charge on any atom is 0.255 e. The van der Waals surface area contributed by atoms with Gasteiger partial charge in [0.05, 0.1) is 4.90 Å². The Morgan fingerprint density at radius 2 is 1.92 bits per heavy atom. The lowest BCUT2D eigenvalue weighted by Gasteiger charge is -2.10. The van der Waals surface area contributed by atoms with Crippen LogP contribution in [-0.2, 0) is 16.6 Å². The molecule has 1 heterocycles. The molecular weight excluding hydrogens is 338 g/mol. The number of aromatic nitrogens is 1. The van der Waals surface area contributed by atoms with Gasteiger partial charge in [0.25, 0.3) is 5.91 Å².